The quantitative estimate of drug-likeness (QED) is 0.253. The van der Waals surface area contributed by atoms with Crippen LogP contribution in [0.1, 0.15) is 50.0 Å². The number of carbonyl (C=O) groups excluding carboxylic acids is 1. The zero-order valence-corrected chi connectivity index (χ0v) is 22.0. The maximum atomic E-state index is 12.3. The molecule has 2 aromatic rings. The largest absolute Gasteiger partial charge is 0.444 e. The maximum absolute atomic E-state index is 12.3. The summed E-state index contributed by atoms with van der Waals surface area (Å²) in [4.78, 5) is 21.5. The van der Waals surface area contributed by atoms with E-state index < -0.39 is 11.7 Å². The molecule has 0 fully saturated rings. The molecule has 0 aliphatic heterocycles. The van der Waals surface area contributed by atoms with Gasteiger partial charge in [0.25, 0.3) is 0 Å². The monoisotopic (exact) mass is 559 g/mol. The van der Waals surface area contributed by atoms with E-state index in [0.29, 0.717) is 12.5 Å². The van der Waals surface area contributed by atoms with Crippen molar-refractivity contribution in [2.75, 3.05) is 19.6 Å². The SMILES string of the molecule is CCNC(=NCC(NC(=O)OC(C)(C)C)c1ccccc1)NCCc1csc(C)n1.I. The normalized spacial score (nSPS) is 12.5. The van der Waals surface area contributed by atoms with Crippen LogP contribution in [-0.4, -0.2) is 42.3 Å². The molecular formula is C22H34IN5O2S. The van der Waals surface area contributed by atoms with Gasteiger partial charge in [0, 0.05) is 24.9 Å². The molecule has 1 heterocycles. The summed E-state index contributed by atoms with van der Waals surface area (Å²) in [5.74, 6) is 0.705. The Bertz CT molecular complexity index is 821. The number of rotatable bonds is 8. The Morgan fingerprint density at radius 1 is 1.23 bits per heavy atom. The molecule has 172 valence electrons. The van der Waals surface area contributed by atoms with Crippen molar-refractivity contribution in [3.8, 4) is 0 Å². The molecule has 9 heteroatoms. The first-order valence-corrected chi connectivity index (χ1v) is 11.1. The summed E-state index contributed by atoms with van der Waals surface area (Å²) in [6, 6.07) is 9.50. The van der Waals surface area contributed by atoms with E-state index in [1.54, 1.807) is 11.3 Å². The van der Waals surface area contributed by atoms with Crippen LogP contribution in [0, 0.1) is 6.92 Å². The number of nitrogens with one attached hydrogen (secondary N) is 3. The summed E-state index contributed by atoms with van der Waals surface area (Å²) < 4.78 is 5.42. The number of alkyl carbamates (subject to hydrolysis) is 1. The topological polar surface area (TPSA) is 87.6 Å². The number of ether oxygens (including phenoxy) is 1. The first-order chi connectivity index (χ1) is 14.3. The summed E-state index contributed by atoms with van der Waals surface area (Å²) >= 11 is 1.66. The van der Waals surface area contributed by atoms with Crippen LogP contribution in [0.3, 0.4) is 0 Å². The van der Waals surface area contributed by atoms with E-state index in [1.807, 2.05) is 65.0 Å². The second kappa shape index (κ2) is 13.5. The van der Waals surface area contributed by atoms with Gasteiger partial charge in [-0.25, -0.2) is 9.78 Å². The smallest absolute Gasteiger partial charge is 0.408 e. The van der Waals surface area contributed by atoms with E-state index in [2.05, 4.69) is 31.3 Å². The summed E-state index contributed by atoms with van der Waals surface area (Å²) in [6.07, 6.45) is 0.371. The number of aromatic nitrogens is 1. The highest BCUT2D eigenvalue weighted by Crippen LogP contribution is 2.15. The van der Waals surface area contributed by atoms with Crippen molar-refractivity contribution >= 4 is 47.4 Å². The molecule has 0 saturated carbocycles. The summed E-state index contributed by atoms with van der Waals surface area (Å²) in [7, 11) is 0. The first kappa shape index (κ1) is 27.2. The van der Waals surface area contributed by atoms with Crippen molar-refractivity contribution in [3.05, 3.63) is 52.0 Å². The lowest BCUT2D eigenvalue weighted by molar-refractivity contribution is 0.0505. The Kier molecular flexibility index (Phi) is 11.8. The zero-order chi connectivity index (χ0) is 22.0. The predicted octanol–water partition coefficient (Wildman–Crippen LogP) is 4.43. The predicted molar refractivity (Wildman–Crippen MR) is 139 cm³/mol. The van der Waals surface area contributed by atoms with Crippen LogP contribution in [0.2, 0.25) is 0 Å². The Hall–Kier alpha value is -1.88. The highest BCUT2D eigenvalue weighted by Gasteiger charge is 2.20. The molecule has 31 heavy (non-hydrogen) atoms. The van der Waals surface area contributed by atoms with Gasteiger partial charge >= 0.3 is 6.09 Å². The number of halogens is 1. The van der Waals surface area contributed by atoms with E-state index in [9.17, 15) is 4.79 Å². The molecule has 0 saturated heterocycles. The van der Waals surface area contributed by atoms with Gasteiger partial charge < -0.3 is 20.7 Å². The third-order valence-electron chi connectivity index (χ3n) is 4.01. The fraction of sp³-hybridized carbons (Fsp3) is 0.500. The molecular weight excluding hydrogens is 525 g/mol. The number of thiazole rings is 1. The summed E-state index contributed by atoms with van der Waals surface area (Å²) in [5, 5.41) is 12.7. The Morgan fingerprint density at radius 2 is 1.94 bits per heavy atom. The molecule has 3 N–H and O–H groups in total. The van der Waals surface area contributed by atoms with Crippen molar-refractivity contribution in [2.45, 2.75) is 52.7 Å². The Balaban J connectivity index is 0.00000480. The van der Waals surface area contributed by atoms with Crippen LogP contribution < -0.4 is 16.0 Å². The number of nitrogens with zero attached hydrogens (tertiary/aromatic N) is 2. The average Bonchev–Trinajstić information content (AvgIpc) is 3.09. The number of hydrogen-bond acceptors (Lipinski definition) is 5. The molecule has 7 nitrogen and oxygen atoms in total. The van der Waals surface area contributed by atoms with Gasteiger partial charge in [0.05, 0.1) is 23.3 Å². The standard InChI is InChI=1S/C22H33N5O2S.HI/c1-6-23-20(24-13-12-18-15-30-16(2)26-18)25-14-19(17-10-8-7-9-11-17)27-21(28)29-22(3,4)5;/h7-11,15,19H,6,12-14H2,1-5H3,(H,27,28)(H2,23,24,25);1H. The van der Waals surface area contributed by atoms with E-state index in [4.69, 9.17) is 4.74 Å². The van der Waals surface area contributed by atoms with Crippen LogP contribution in [0.15, 0.2) is 40.7 Å². The van der Waals surface area contributed by atoms with E-state index in [0.717, 1.165) is 35.8 Å². The van der Waals surface area contributed by atoms with Crippen LogP contribution in [0.5, 0.6) is 0 Å². The molecule has 0 spiro atoms. The van der Waals surface area contributed by atoms with Gasteiger partial charge in [-0.15, -0.1) is 35.3 Å². The lowest BCUT2D eigenvalue weighted by Crippen LogP contribution is -2.40. The number of aliphatic imine (C=N–C) groups is 1. The Labute approximate surface area is 206 Å². The van der Waals surface area contributed by atoms with Gasteiger partial charge in [-0.05, 0) is 40.2 Å². The van der Waals surface area contributed by atoms with E-state index >= 15 is 0 Å². The van der Waals surface area contributed by atoms with E-state index in [-0.39, 0.29) is 30.0 Å². The minimum absolute atomic E-state index is 0. The van der Waals surface area contributed by atoms with Gasteiger partial charge in [-0.2, -0.15) is 0 Å². The van der Waals surface area contributed by atoms with Gasteiger partial charge in [0.1, 0.15) is 5.60 Å². The lowest BCUT2D eigenvalue weighted by Gasteiger charge is -2.23. The van der Waals surface area contributed by atoms with Crippen LogP contribution in [0.25, 0.3) is 0 Å². The minimum Gasteiger partial charge on any atom is -0.444 e. The number of hydrogen-bond donors (Lipinski definition) is 3. The van der Waals surface area contributed by atoms with Gasteiger partial charge in [0.15, 0.2) is 5.96 Å². The second-order valence-electron chi connectivity index (χ2n) is 7.86. The average molecular weight is 560 g/mol. The fourth-order valence-electron chi connectivity index (χ4n) is 2.73. The van der Waals surface area contributed by atoms with Crippen LogP contribution in [0.4, 0.5) is 4.79 Å². The third-order valence-corrected chi connectivity index (χ3v) is 4.83. The zero-order valence-electron chi connectivity index (χ0n) is 18.9. The molecule has 1 unspecified atom stereocenters. The number of guanidine groups is 1. The summed E-state index contributed by atoms with van der Waals surface area (Å²) in [5.41, 5.74) is 1.49. The van der Waals surface area contributed by atoms with Crippen molar-refractivity contribution in [2.24, 2.45) is 4.99 Å². The molecule has 1 amide bonds. The van der Waals surface area contributed by atoms with Gasteiger partial charge in [0.2, 0.25) is 0 Å². The fourth-order valence-corrected chi connectivity index (χ4v) is 3.37. The number of aryl methyl sites for hydroxylation is 1. The van der Waals surface area contributed by atoms with Crippen LogP contribution >= 0.6 is 35.3 Å². The highest BCUT2D eigenvalue weighted by atomic mass is 127. The summed E-state index contributed by atoms with van der Waals surface area (Å²) in [6.45, 7) is 11.4. The number of carbonyl (C=O) groups is 1. The van der Waals surface area contributed by atoms with Crippen molar-refractivity contribution in [1.82, 2.24) is 20.9 Å². The molecule has 0 aliphatic rings. The first-order valence-electron chi connectivity index (χ1n) is 10.2. The number of amides is 1. The molecule has 2 rings (SSSR count). The second-order valence-corrected chi connectivity index (χ2v) is 8.93. The van der Waals surface area contributed by atoms with Crippen molar-refractivity contribution < 1.29 is 9.53 Å². The van der Waals surface area contributed by atoms with Crippen LogP contribution in [-0.2, 0) is 11.2 Å². The van der Waals surface area contributed by atoms with Gasteiger partial charge in [-0.1, -0.05) is 30.3 Å². The molecule has 0 aliphatic carbocycles. The Morgan fingerprint density at radius 3 is 2.52 bits per heavy atom. The number of benzene rings is 1. The molecule has 1 atom stereocenters. The molecule has 1 aromatic heterocycles. The minimum atomic E-state index is -0.556. The maximum Gasteiger partial charge on any atom is 0.408 e. The highest BCUT2D eigenvalue weighted by molar-refractivity contribution is 14.0. The molecule has 0 bridgehead atoms. The van der Waals surface area contributed by atoms with E-state index in [1.165, 1.54) is 0 Å². The lowest BCUT2D eigenvalue weighted by atomic mass is 10.1. The molecule has 0 radical (unpaired) electrons. The third kappa shape index (κ3) is 10.8. The van der Waals surface area contributed by atoms with Gasteiger partial charge in [-0.3, -0.25) is 4.99 Å². The van der Waals surface area contributed by atoms with Crippen molar-refractivity contribution in [1.29, 1.82) is 0 Å². The molecule has 1 aromatic carbocycles. The van der Waals surface area contributed by atoms with Crippen molar-refractivity contribution in [3.63, 3.8) is 0 Å².